The fourth-order valence-electron chi connectivity index (χ4n) is 2.98. The van der Waals surface area contributed by atoms with Gasteiger partial charge in [-0.1, -0.05) is 36.4 Å². The average Bonchev–Trinajstić information content (AvgIpc) is 3.18. The van der Waals surface area contributed by atoms with Crippen LogP contribution in [0.15, 0.2) is 84.0 Å². The van der Waals surface area contributed by atoms with Crippen LogP contribution < -0.4 is 10.6 Å². The van der Waals surface area contributed by atoms with Crippen LogP contribution in [0.5, 0.6) is 0 Å². The molecule has 160 valence electrons. The summed E-state index contributed by atoms with van der Waals surface area (Å²) < 4.78 is 1.61. The molecule has 7 nitrogen and oxygen atoms in total. The van der Waals surface area contributed by atoms with Gasteiger partial charge in [-0.2, -0.15) is 10.4 Å². The second kappa shape index (κ2) is 10.0. The number of hydrogen-bond acceptors (Lipinski definition) is 4. The van der Waals surface area contributed by atoms with Crippen LogP contribution in [0, 0.1) is 11.3 Å². The largest absolute Gasteiger partial charge is 0.322 e. The molecule has 0 aliphatic carbocycles. The number of carbonyl (C=O) groups excluding carboxylic acids is 2. The number of amides is 2. The second-order valence-electron chi connectivity index (χ2n) is 7.07. The average molecular weight is 425 g/mol. The molecule has 3 aromatic rings. The maximum Gasteiger partial charge on any atom is 0.256 e. The van der Waals surface area contributed by atoms with Crippen LogP contribution in [-0.2, 0) is 11.8 Å². The first kappa shape index (κ1) is 22.2. The summed E-state index contributed by atoms with van der Waals surface area (Å²) in [6, 6.07) is 20.0. The Balaban J connectivity index is 1.71. The van der Waals surface area contributed by atoms with Gasteiger partial charge in [-0.3, -0.25) is 14.3 Å². The molecule has 0 spiro atoms. The molecular weight excluding hydrogens is 402 g/mol. The zero-order valence-corrected chi connectivity index (χ0v) is 18.1. The molecule has 3 rings (SSSR count). The lowest BCUT2D eigenvalue weighted by Gasteiger charge is -2.06. The van der Waals surface area contributed by atoms with Crippen LogP contribution in [0.4, 0.5) is 11.5 Å². The third-order valence-electron chi connectivity index (χ3n) is 4.72. The van der Waals surface area contributed by atoms with E-state index in [0.29, 0.717) is 33.9 Å². The van der Waals surface area contributed by atoms with Crippen LogP contribution in [0.1, 0.15) is 24.2 Å². The maximum absolute atomic E-state index is 12.4. The van der Waals surface area contributed by atoms with Crippen molar-refractivity contribution in [2.24, 2.45) is 7.05 Å². The number of allylic oxidation sites excluding steroid dienone is 2. The van der Waals surface area contributed by atoms with Gasteiger partial charge in [-0.15, -0.1) is 0 Å². The molecule has 0 fully saturated rings. The lowest BCUT2D eigenvalue weighted by atomic mass is 10.1. The number of anilines is 2. The molecule has 0 saturated heterocycles. The van der Waals surface area contributed by atoms with Gasteiger partial charge in [-0.05, 0) is 44.2 Å². The fourth-order valence-corrected chi connectivity index (χ4v) is 2.98. The predicted molar refractivity (Wildman–Crippen MR) is 125 cm³/mol. The zero-order valence-electron chi connectivity index (χ0n) is 18.1. The third kappa shape index (κ3) is 5.37. The topological polar surface area (TPSA) is 99.8 Å². The van der Waals surface area contributed by atoms with Crippen molar-refractivity contribution >= 4 is 23.3 Å². The Morgan fingerprint density at radius 3 is 2.38 bits per heavy atom. The number of carbonyl (C=O) groups is 2. The van der Waals surface area contributed by atoms with Crippen molar-refractivity contribution < 1.29 is 9.59 Å². The first-order valence-electron chi connectivity index (χ1n) is 9.98. The minimum absolute atomic E-state index is 0.210. The van der Waals surface area contributed by atoms with Gasteiger partial charge in [0.15, 0.2) is 0 Å². The van der Waals surface area contributed by atoms with E-state index < -0.39 is 0 Å². The smallest absolute Gasteiger partial charge is 0.256 e. The van der Waals surface area contributed by atoms with E-state index in [9.17, 15) is 9.59 Å². The monoisotopic (exact) mass is 425 g/mol. The van der Waals surface area contributed by atoms with Crippen LogP contribution in [0.2, 0.25) is 0 Å². The predicted octanol–water partition coefficient (Wildman–Crippen LogP) is 4.69. The van der Waals surface area contributed by atoms with E-state index in [-0.39, 0.29) is 11.8 Å². The van der Waals surface area contributed by atoms with Crippen LogP contribution >= 0.6 is 0 Å². The summed E-state index contributed by atoms with van der Waals surface area (Å²) in [5, 5.41) is 19.1. The van der Waals surface area contributed by atoms with Gasteiger partial charge < -0.3 is 10.6 Å². The summed E-state index contributed by atoms with van der Waals surface area (Å²) in [5.74, 6) is 0.0703. The second-order valence-corrected chi connectivity index (χ2v) is 7.07. The standard InChI is InChI=1S/C25H23N5O2/c1-4-18(14-17(2)16-26)24(31)27-21-12-10-19(11-13-21)22-15-23(30(3)29-22)28-25(32)20-8-6-5-7-9-20/h4-15H,1-3H3,(H,27,31)(H,28,32)/b17-14+,18-4+. The van der Waals surface area contributed by atoms with E-state index in [4.69, 9.17) is 5.26 Å². The number of nitriles is 1. The van der Waals surface area contributed by atoms with Gasteiger partial charge in [-0.25, -0.2) is 0 Å². The molecule has 1 aromatic heterocycles. The lowest BCUT2D eigenvalue weighted by Crippen LogP contribution is -2.14. The molecule has 0 radical (unpaired) electrons. The molecule has 0 bridgehead atoms. The highest BCUT2D eigenvalue weighted by molar-refractivity contribution is 6.06. The van der Waals surface area contributed by atoms with Gasteiger partial charge in [0, 0.05) is 41.1 Å². The summed E-state index contributed by atoms with van der Waals surface area (Å²) in [4.78, 5) is 24.8. The van der Waals surface area contributed by atoms with Gasteiger partial charge in [0.1, 0.15) is 5.82 Å². The summed E-state index contributed by atoms with van der Waals surface area (Å²) in [6.07, 6.45) is 3.20. The van der Waals surface area contributed by atoms with Crippen molar-refractivity contribution in [1.82, 2.24) is 9.78 Å². The Kier molecular flexibility index (Phi) is 6.99. The number of nitrogens with one attached hydrogen (secondary N) is 2. The van der Waals surface area contributed by atoms with Crippen molar-refractivity contribution in [3.8, 4) is 17.3 Å². The first-order chi connectivity index (χ1) is 15.4. The molecule has 0 unspecified atom stereocenters. The number of aromatic nitrogens is 2. The van der Waals surface area contributed by atoms with Crippen molar-refractivity contribution in [2.45, 2.75) is 13.8 Å². The number of benzene rings is 2. The van der Waals surface area contributed by atoms with Crippen molar-refractivity contribution in [3.05, 3.63) is 89.5 Å². The SMILES string of the molecule is C/C=C(\C=C(/C)C#N)C(=O)Nc1ccc(-c2cc(NC(=O)c3ccccc3)n(C)n2)cc1. The van der Waals surface area contributed by atoms with E-state index >= 15 is 0 Å². The number of rotatable bonds is 6. The van der Waals surface area contributed by atoms with Gasteiger partial charge in [0.25, 0.3) is 11.8 Å². The van der Waals surface area contributed by atoms with E-state index in [1.165, 1.54) is 0 Å². The Hall–Kier alpha value is -4.44. The maximum atomic E-state index is 12.4. The van der Waals surface area contributed by atoms with E-state index in [1.807, 2.05) is 36.4 Å². The minimum atomic E-state index is -0.293. The molecule has 2 N–H and O–H groups in total. The number of aryl methyl sites for hydroxylation is 1. The van der Waals surface area contributed by atoms with Crippen LogP contribution in [-0.4, -0.2) is 21.6 Å². The summed E-state index contributed by atoms with van der Waals surface area (Å²) in [7, 11) is 1.76. The highest BCUT2D eigenvalue weighted by Crippen LogP contribution is 2.24. The molecule has 0 aliphatic rings. The van der Waals surface area contributed by atoms with Crippen molar-refractivity contribution in [2.75, 3.05) is 10.6 Å². The van der Waals surface area contributed by atoms with Gasteiger partial charge >= 0.3 is 0 Å². The molecule has 7 heteroatoms. The number of hydrogen-bond donors (Lipinski definition) is 2. The Morgan fingerprint density at radius 1 is 1.06 bits per heavy atom. The Morgan fingerprint density at radius 2 is 1.75 bits per heavy atom. The fraction of sp³-hybridized carbons (Fsp3) is 0.120. The molecule has 0 aliphatic heterocycles. The molecule has 2 amide bonds. The van der Waals surface area contributed by atoms with Gasteiger partial charge in [0.05, 0.1) is 11.8 Å². The molecular formula is C25H23N5O2. The molecule has 0 saturated carbocycles. The Labute approximate surface area is 186 Å². The van der Waals surface area contributed by atoms with Crippen molar-refractivity contribution in [3.63, 3.8) is 0 Å². The lowest BCUT2D eigenvalue weighted by molar-refractivity contribution is -0.112. The van der Waals surface area contributed by atoms with E-state index in [0.717, 1.165) is 5.56 Å². The first-order valence-corrected chi connectivity index (χ1v) is 9.98. The normalized spacial score (nSPS) is 11.6. The third-order valence-corrected chi connectivity index (χ3v) is 4.72. The minimum Gasteiger partial charge on any atom is -0.322 e. The molecule has 1 heterocycles. The highest BCUT2D eigenvalue weighted by Gasteiger charge is 2.12. The molecule has 2 aromatic carbocycles. The van der Waals surface area contributed by atoms with Gasteiger partial charge in [0.2, 0.25) is 0 Å². The van der Waals surface area contributed by atoms with E-state index in [2.05, 4.69) is 15.7 Å². The Bertz CT molecular complexity index is 1230. The highest BCUT2D eigenvalue weighted by atomic mass is 16.2. The summed E-state index contributed by atoms with van der Waals surface area (Å²) in [5.41, 5.74) is 3.58. The number of nitrogens with zero attached hydrogens (tertiary/aromatic N) is 3. The molecule has 0 atom stereocenters. The van der Waals surface area contributed by atoms with Crippen LogP contribution in [0.25, 0.3) is 11.3 Å². The summed E-state index contributed by atoms with van der Waals surface area (Å²) in [6.45, 7) is 3.39. The summed E-state index contributed by atoms with van der Waals surface area (Å²) >= 11 is 0. The quantitative estimate of drug-likeness (QED) is 0.340. The van der Waals surface area contributed by atoms with Crippen molar-refractivity contribution in [1.29, 1.82) is 5.26 Å². The molecule has 32 heavy (non-hydrogen) atoms. The zero-order chi connectivity index (χ0) is 23.1. The van der Waals surface area contributed by atoms with E-state index in [1.54, 1.807) is 68.1 Å². The van der Waals surface area contributed by atoms with Crippen LogP contribution in [0.3, 0.4) is 0 Å².